The molecule has 0 spiro atoms. The van der Waals surface area contributed by atoms with Gasteiger partial charge in [-0.2, -0.15) is 21.0 Å². The second-order valence-electron chi connectivity index (χ2n) is 9.55. The molecule has 0 N–H and O–H groups in total. The summed E-state index contributed by atoms with van der Waals surface area (Å²) in [7, 11) is 0. The second-order valence-corrected chi connectivity index (χ2v) is 9.55. The summed E-state index contributed by atoms with van der Waals surface area (Å²) in [5.41, 5.74) is -14.6. The summed E-state index contributed by atoms with van der Waals surface area (Å²) in [5.74, 6) is -31.8. The van der Waals surface area contributed by atoms with E-state index in [1.807, 2.05) is 0 Å². The van der Waals surface area contributed by atoms with Crippen LogP contribution in [0.15, 0.2) is 11.1 Å². The molecule has 0 heterocycles. The highest BCUT2D eigenvalue weighted by Crippen LogP contribution is 2.60. The fourth-order valence-electron chi connectivity index (χ4n) is 5.03. The lowest BCUT2D eigenvalue weighted by Gasteiger charge is -2.14. The molecule has 2 unspecified atom stereocenters. The van der Waals surface area contributed by atoms with Crippen molar-refractivity contribution < 1.29 is 52.7 Å². The van der Waals surface area contributed by atoms with Gasteiger partial charge in [-0.1, -0.05) is 0 Å². The minimum absolute atomic E-state index is 0.604. The number of hydrogen-bond donors (Lipinski definition) is 0. The molecule has 0 bridgehead atoms. The van der Waals surface area contributed by atoms with Crippen molar-refractivity contribution in [3.05, 3.63) is 114 Å². The first-order valence-corrected chi connectivity index (χ1v) is 12.2. The molecule has 0 radical (unpaired) electrons. The van der Waals surface area contributed by atoms with Crippen molar-refractivity contribution in [3.63, 3.8) is 0 Å². The maximum absolute atomic E-state index is 15.0. The van der Waals surface area contributed by atoms with Crippen molar-refractivity contribution in [2.24, 2.45) is 5.92 Å². The monoisotopic (exact) mass is 652 g/mol. The third-order valence-corrected chi connectivity index (χ3v) is 7.29. The molecule has 16 heteroatoms. The molecule has 4 nitrogen and oxygen atoms in total. The Bertz CT molecular complexity index is 2070. The maximum Gasteiger partial charge on any atom is 0.180 e. The number of nitriles is 4. The molecule has 1 saturated carbocycles. The molecule has 0 amide bonds. The van der Waals surface area contributed by atoms with Crippen LogP contribution in [0.3, 0.4) is 0 Å². The zero-order valence-corrected chi connectivity index (χ0v) is 22.5. The highest BCUT2D eigenvalue weighted by atomic mass is 19.2. The molecule has 3 aromatic rings. The van der Waals surface area contributed by atoms with Gasteiger partial charge in [-0.3, -0.25) is 0 Å². The lowest BCUT2D eigenvalue weighted by molar-refractivity contribution is 0.424. The van der Waals surface area contributed by atoms with E-state index >= 15 is 26.3 Å². The van der Waals surface area contributed by atoms with Gasteiger partial charge in [0.25, 0.3) is 0 Å². The van der Waals surface area contributed by atoms with Gasteiger partial charge >= 0.3 is 0 Å². The zero-order valence-electron chi connectivity index (χ0n) is 22.5. The third-order valence-electron chi connectivity index (χ3n) is 7.29. The van der Waals surface area contributed by atoms with Crippen molar-refractivity contribution in [2.45, 2.75) is 19.8 Å². The summed E-state index contributed by atoms with van der Waals surface area (Å²) in [4.78, 5) is 0. The first kappa shape index (κ1) is 33.2. The van der Waals surface area contributed by atoms with Gasteiger partial charge in [-0.25, -0.2) is 52.7 Å². The molecule has 4 rings (SSSR count). The molecule has 1 aliphatic carbocycles. The number of benzene rings is 3. The standard InChI is InChI=1S/C30H8F12N4/c1-7(14-25(37)21(33)11(5-45)22(34)26(14)38)13-15(9(3-43)17-27(39)19(31)8(2)20(32)28(17)40)16(13)10(4-44)18-29(41)23(35)12(6-46)24(36)30(18)42/h9,15H,1-2H3/b13-7-,16-10-. The Labute approximate surface area is 249 Å². The smallest absolute Gasteiger partial charge is 0.180 e. The average Bonchev–Trinajstić information content (AvgIpc) is 3.76. The van der Waals surface area contributed by atoms with Gasteiger partial charge in [0.15, 0.2) is 69.8 Å². The quantitative estimate of drug-likeness (QED) is 0.162. The Kier molecular flexibility index (Phi) is 8.39. The van der Waals surface area contributed by atoms with Crippen LogP contribution in [0, 0.1) is 128 Å². The summed E-state index contributed by atoms with van der Waals surface area (Å²) in [6.45, 7) is 1.23. The van der Waals surface area contributed by atoms with E-state index in [-0.39, 0.29) is 0 Å². The van der Waals surface area contributed by atoms with Crippen LogP contribution in [0.25, 0.3) is 11.1 Å². The molecule has 1 aliphatic rings. The largest absolute Gasteiger partial charge is 0.203 e. The fourth-order valence-corrected chi connectivity index (χ4v) is 5.03. The number of allylic oxidation sites excluding steroid dienone is 4. The van der Waals surface area contributed by atoms with Gasteiger partial charge in [-0.15, -0.1) is 0 Å². The van der Waals surface area contributed by atoms with E-state index < -0.39 is 137 Å². The van der Waals surface area contributed by atoms with E-state index in [1.54, 1.807) is 0 Å². The van der Waals surface area contributed by atoms with Crippen LogP contribution >= 0.6 is 0 Å². The number of hydrogen-bond acceptors (Lipinski definition) is 4. The van der Waals surface area contributed by atoms with Crippen molar-refractivity contribution >= 4 is 11.1 Å². The van der Waals surface area contributed by atoms with Gasteiger partial charge in [0.1, 0.15) is 29.3 Å². The molecule has 0 aromatic heterocycles. The van der Waals surface area contributed by atoms with E-state index in [1.165, 1.54) is 6.07 Å². The molecule has 0 aliphatic heterocycles. The predicted octanol–water partition coefficient (Wildman–Crippen LogP) is 8.10. The summed E-state index contributed by atoms with van der Waals surface area (Å²) < 4.78 is 177. The first-order valence-electron chi connectivity index (χ1n) is 12.2. The molecular formula is C30H8F12N4. The molecule has 2 atom stereocenters. The maximum atomic E-state index is 15.0. The topological polar surface area (TPSA) is 95.2 Å². The summed E-state index contributed by atoms with van der Waals surface area (Å²) in [6, 6.07) is 4.02. The lowest BCUT2D eigenvalue weighted by Crippen LogP contribution is -2.12. The van der Waals surface area contributed by atoms with Crippen molar-refractivity contribution in [1.29, 1.82) is 21.0 Å². The lowest BCUT2D eigenvalue weighted by atomic mass is 9.90. The van der Waals surface area contributed by atoms with E-state index in [4.69, 9.17) is 10.5 Å². The number of nitrogens with zero attached hydrogens (tertiary/aromatic N) is 4. The van der Waals surface area contributed by atoms with Gasteiger partial charge in [0, 0.05) is 17.0 Å². The molecular weight excluding hydrogens is 644 g/mol. The van der Waals surface area contributed by atoms with Crippen LogP contribution in [0.4, 0.5) is 52.7 Å². The van der Waals surface area contributed by atoms with Crippen molar-refractivity contribution in [2.75, 3.05) is 0 Å². The molecule has 0 saturated heterocycles. The Morgan fingerprint density at radius 1 is 0.543 bits per heavy atom. The summed E-state index contributed by atoms with van der Waals surface area (Å²) >= 11 is 0. The Morgan fingerprint density at radius 2 is 0.935 bits per heavy atom. The van der Waals surface area contributed by atoms with Crippen molar-refractivity contribution in [1.82, 2.24) is 0 Å². The van der Waals surface area contributed by atoms with Crippen LogP contribution < -0.4 is 0 Å². The number of rotatable bonds is 4. The third kappa shape index (κ3) is 4.53. The predicted molar refractivity (Wildman–Crippen MR) is 130 cm³/mol. The van der Waals surface area contributed by atoms with Gasteiger partial charge in [-0.05, 0) is 30.6 Å². The molecule has 3 aromatic carbocycles. The SMILES string of the molecule is C/C(=C1/C(=C(\C#N)c2c(F)c(F)c(C#N)c(F)c2F)C1C(C#N)c1c(F)c(F)c(C)c(F)c1F)c1c(F)c(F)c(C#N)c(F)c1F. The molecule has 232 valence electrons. The van der Waals surface area contributed by atoms with E-state index in [0.717, 1.165) is 18.2 Å². The number of halogens is 12. The fraction of sp³-hybridized carbons (Fsp3) is 0.133. The van der Waals surface area contributed by atoms with Crippen LogP contribution in [0.5, 0.6) is 0 Å². The Balaban J connectivity index is 2.22. The van der Waals surface area contributed by atoms with Crippen LogP contribution in [-0.4, -0.2) is 0 Å². The Morgan fingerprint density at radius 3 is 1.28 bits per heavy atom. The van der Waals surface area contributed by atoms with Crippen LogP contribution in [0.1, 0.15) is 46.2 Å². The van der Waals surface area contributed by atoms with E-state index in [9.17, 15) is 36.9 Å². The summed E-state index contributed by atoms with van der Waals surface area (Å²) in [5, 5.41) is 37.4. The Hall–Kier alpha value is -5.74. The van der Waals surface area contributed by atoms with E-state index in [0.29, 0.717) is 13.8 Å². The second kappa shape index (κ2) is 11.6. The zero-order chi connectivity index (χ0) is 34.7. The highest BCUT2D eigenvalue weighted by molar-refractivity contribution is 5.95. The summed E-state index contributed by atoms with van der Waals surface area (Å²) in [6.07, 6.45) is 0. The van der Waals surface area contributed by atoms with Crippen molar-refractivity contribution in [3.8, 4) is 24.3 Å². The van der Waals surface area contributed by atoms with E-state index in [2.05, 4.69) is 0 Å². The minimum Gasteiger partial charge on any atom is -0.203 e. The molecule has 46 heavy (non-hydrogen) atoms. The molecule has 1 fully saturated rings. The first-order chi connectivity index (χ1) is 21.5. The van der Waals surface area contributed by atoms with Gasteiger partial charge in [0.2, 0.25) is 0 Å². The van der Waals surface area contributed by atoms with Gasteiger partial charge < -0.3 is 0 Å². The minimum atomic E-state index is -2.58. The normalized spacial score (nSPS) is 16.6. The van der Waals surface area contributed by atoms with Crippen LogP contribution in [0.2, 0.25) is 0 Å². The highest BCUT2D eigenvalue weighted by Gasteiger charge is 2.52. The van der Waals surface area contributed by atoms with Gasteiger partial charge in [0.05, 0.1) is 28.7 Å². The average molecular weight is 652 g/mol. The van der Waals surface area contributed by atoms with Crippen LogP contribution in [-0.2, 0) is 0 Å².